The Kier molecular flexibility index (Phi) is 6.95. The zero-order valence-electron chi connectivity index (χ0n) is 16.8. The number of carbonyl (C=O) groups is 1. The van der Waals surface area contributed by atoms with Crippen molar-refractivity contribution in [2.45, 2.75) is 33.1 Å². The number of carboxylic acid groups (broad SMARTS) is 1. The maximum atomic E-state index is 11.6. The first kappa shape index (κ1) is 20.9. The highest BCUT2D eigenvalue weighted by Crippen LogP contribution is 2.25. The fourth-order valence-corrected chi connectivity index (χ4v) is 3.55. The molecule has 0 amide bonds. The summed E-state index contributed by atoms with van der Waals surface area (Å²) in [6.45, 7) is 4.45. The summed E-state index contributed by atoms with van der Waals surface area (Å²) < 4.78 is 0. The van der Waals surface area contributed by atoms with Gasteiger partial charge in [0.2, 0.25) is 0 Å². The molecule has 0 aliphatic rings. The van der Waals surface area contributed by atoms with E-state index in [1.807, 2.05) is 24.3 Å². The Labute approximate surface area is 177 Å². The molecule has 0 saturated carbocycles. The highest BCUT2D eigenvalue weighted by molar-refractivity contribution is 6.30. The highest BCUT2D eigenvalue weighted by atomic mass is 35.5. The minimum atomic E-state index is -0.957. The van der Waals surface area contributed by atoms with E-state index in [9.17, 15) is 9.90 Å². The molecule has 0 atom stereocenters. The average molecular weight is 408 g/mol. The van der Waals surface area contributed by atoms with Gasteiger partial charge in [-0.15, -0.1) is 0 Å². The molecule has 2 N–H and O–H groups in total. The normalized spacial score (nSPS) is 10.9. The number of hydrogen-bond acceptors (Lipinski definition) is 2. The topological polar surface area (TPSA) is 49.3 Å². The third-order valence-electron chi connectivity index (χ3n) is 4.79. The molecule has 0 saturated heterocycles. The molecular formula is C25H26ClNO2. The van der Waals surface area contributed by atoms with Crippen molar-refractivity contribution in [3.8, 4) is 0 Å². The van der Waals surface area contributed by atoms with E-state index in [1.54, 1.807) is 18.2 Å². The summed E-state index contributed by atoms with van der Waals surface area (Å²) in [5.41, 5.74) is 5.31. The average Bonchev–Trinajstić information content (AvgIpc) is 2.67. The van der Waals surface area contributed by atoms with Crippen LogP contribution in [0.3, 0.4) is 0 Å². The monoisotopic (exact) mass is 407 g/mol. The van der Waals surface area contributed by atoms with Gasteiger partial charge in [0.15, 0.2) is 0 Å². The molecule has 3 nitrogen and oxygen atoms in total. The van der Waals surface area contributed by atoms with Gasteiger partial charge in [0.05, 0.1) is 11.3 Å². The van der Waals surface area contributed by atoms with Crippen LogP contribution in [0.2, 0.25) is 5.02 Å². The smallest absolute Gasteiger partial charge is 0.337 e. The molecule has 3 aromatic carbocycles. The van der Waals surface area contributed by atoms with E-state index in [1.165, 1.54) is 11.1 Å². The molecule has 0 aliphatic carbocycles. The van der Waals surface area contributed by atoms with Crippen molar-refractivity contribution in [2.75, 3.05) is 5.32 Å². The first-order valence-electron chi connectivity index (χ1n) is 9.87. The second-order valence-electron chi connectivity index (χ2n) is 7.73. The fourth-order valence-electron chi connectivity index (χ4n) is 3.36. The molecule has 0 aliphatic heterocycles. The predicted molar refractivity (Wildman–Crippen MR) is 121 cm³/mol. The third-order valence-corrected chi connectivity index (χ3v) is 5.02. The van der Waals surface area contributed by atoms with E-state index in [0.29, 0.717) is 16.6 Å². The number of hydrogen-bond donors (Lipinski definition) is 2. The summed E-state index contributed by atoms with van der Waals surface area (Å²) in [6, 6.07) is 21.5. The standard InChI is InChI=1S/C25H26ClNO2/c1-17(2)14-19-9-6-18(7-10-19)8-11-20-12-13-23(25(28)29)24(15-20)27-22-5-3-4-21(26)16-22/h3-7,9-10,12-13,15-17,27H,8,11,14H2,1-2H3,(H,28,29). The number of rotatable bonds is 8. The first-order valence-corrected chi connectivity index (χ1v) is 10.2. The third kappa shape index (κ3) is 6.10. The van der Waals surface area contributed by atoms with Crippen LogP contribution in [-0.2, 0) is 19.3 Å². The molecular weight excluding hydrogens is 382 g/mol. The summed E-state index contributed by atoms with van der Waals surface area (Å²) in [7, 11) is 0. The van der Waals surface area contributed by atoms with Crippen molar-refractivity contribution in [3.05, 3.63) is 94.0 Å². The van der Waals surface area contributed by atoms with Crippen molar-refractivity contribution in [2.24, 2.45) is 5.92 Å². The minimum absolute atomic E-state index is 0.242. The highest BCUT2D eigenvalue weighted by Gasteiger charge is 2.11. The lowest BCUT2D eigenvalue weighted by Crippen LogP contribution is -2.04. The van der Waals surface area contributed by atoms with Crippen LogP contribution in [0.4, 0.5) is 11.4 Å². The van der Waals surface area contributed by atoms with Crippen LogP contribution in [0.1, 0.15) is 40.9 Å². The van der Waals surface area contributed by atoms with Gasteiger partial charge in [-0.05, 0) is 72.2 Å². The van der Waals surface area contributed by atoms with Gasteiger partial charge in [0.25, 0.3) is 0 Å². The Morgan fingerprint density at radius 2 is 1.59 bits per heavy atom. The number of nitrogens with one attached hydrogen (secondary N) is 1. The molecule has 0 unspecified atom stereocenters. The number of aromatic carboxylic acids is 1. The van der Waals surface area contributed by atoms with Crippen molar-refractivity contribution >= 4 is 28.9 Å². The van der Waals surface area contributed by atoms with Crippen LogP contribution in [0.15, 0.2) is 66.7 Å². The SMILES string of the molecule is CC(C)Cc1ccc(CCc2ccc(C(=O)O)c(Nc3cccc(Cl)c3)c2)cc1. The van der Waals surface area contributed by atoms with Gasteiger partial charge in [-0.2, -0.15) is 0 Å². The van der Waals surface area contributed by atoms with Crippen molar-refractivity contribution in [1.82, 2.24) is 0 Å². The van der Waals surface area contributed by atoms with E-state index in [2.05, 4.69) is 43.4 Å². The van der Waals surface area contributed by atoms with Gasteiger partial charge in [0.1, 0.15) is 0 Å². The lowest BCUT2D eigenvalue weighted by molar-refractivity contribution is 0.0698. The Balaban J connectivity index is 1.73. The summed E-state index contributed by atoms with van der Waals surface area (Å²) >= 11 is 6.04. The first-order chi connectivity index (χ1) is 13.9. The lowest BCUT2D eigenvalue weighted by atomic mass is 9.98. The molecule has 0 bridgehead atoms. The molecule has 3 aromatic rings. The maximum absolute atomic E-state index is 11.6. The second-order valence-corrected chi connectivity index (χ2v) is 8.17. The number of benzene rings is 3. The van der Waals surface area contributed by atoms with E-state index < -0.39 is 5.97 Å². The predicted octanol–water partition coefficient (Wildman–Crippen LogP) is 6.77. The van der Waals surface area contributed by atoms with Gasteiger partial charge in [-0.25, -0.2) is 4.79 Å². The van der Waals surface area contributed by atoms with Crippen molar-refractivity contribution in [1.29, 1.82) is 0 Å². The van der Waals surface area contributed by atoms with Gasteiger partial charge in [-0.1, -0.05) is 61.8 Å². The van der Waals surface area contributed by atoms with Crippen LogP contribution >= 0.6 is 11.6 Å². The van der Waals surface area contributed by atoms with Crippen molar-refractivity contribution in [3.63, 3.8) is 0 Å². The molecule has 4 heteroatoms. The molecule has 0 aromatic heterocycles. The number of anilines is 2. The summed E-state index contributed by atoms with van der Waals surface area (Å²) in [6.07, 6.45) is 2.84. The Morgan fingerprint density at radius 3 is 2.24 bits per heavy atom. The van der Waals surface area contributed by atoms with E-state index in [0.717, 1.165) is 30.5 Å². The van der Waals surface area contributed by atoms with Crippen LogP contribution in [0.5, 0.6) is 0 Å². The summed E-state index contributed by atoms with van der Waals surface area (Å²) in [4.78, 5) is 11.6. The second kappa shape index (κ2) is 9.62. The molecule has 3 rings (SSSR count). The molecule has 29 heavy (non-hydrogen) atoms. The van der Waals surface area contributed by atoms with Gasteiger partial charge in [0, 0.05) is 10.7 Å². The quantitative estimate of drug-likeness (QED) is 0.433. The van der Waals surface area contributed by atoms with Gasteiger partial charge < -0.3 is 10.4 Å². The van der Waals surface area contributed by atoms with E-state index >= 15 is 0 Å². The van der Waals surface area contributed by atoms with Crippen LogP contribution < -0.4 is 5.32 Å². The maximum Gasteiger partial charge on any atom is 0.337 e. The number of aryl methyl sites for hydroxylation is 2. The Bertz CT molecular complexity index is 980. The summed E-state index contributed by atoms with van der Waals surface area (Å²) in [5, 5.41) is 13.3. The Hall–Kier alpha value is -2.78. The van der Waals surface area contributed by atoms with Crippen LogP contribution in [0.25, 0.3) is 0 Å². The largest absolute Gasteiger partial charge is 0.478 e. The molecule has 0 radical (unpaired) electrons. The molecule has 0 spiro atoms. The van der Waals surface area contributed by atoms with E-state index in [4.69, 9.17) is 11.6 Å². The fraction of sp³-hybridized carbons (Fsp3) is 0.240. The van der Waals surface area contributed by atoms with E-state index in [-0.39, 0.29) is 5.56 Å². The van der Waals surface area contributed by atoms with Gasteiger partial charge in [-0.3, -0.25) is 0 Å². The van der Waals surface area contributed by atoms with Gasteiger partial charge >= 0.3 is 5.97 Å². The lowest BCUT2D eigenvalue weighted by Gasteiger charge is -2.12. The van der Waals surface area contributed by atoms with Crippen LogP contribution in [-0.4, -0.2) is 11.1 Å². The summed E-state index contributed by atoms with van der Waals surface area (Å²) in [5.74, 6) is -0.305. The molecule has 150 valence electrons. The number of carboxylic acids is 1. The zero-order chi connectivity index (χ0) is 20.8. The number of halogens is 1. The molecule has 0 heterocycles. The van der Waals surface area contributed by atoms with Crippen molar-refractivity contribution < 1.29 is 9.90 Å². The minimum Gasteiger partial charge on any atom is -0.478 e. The van der Waals surface area contributed by atoms with Crippen LogP contribution in [0, 0.1) is 5.92 Å². The zero-order valence-corrected chi connectivity index (χ0v) is 17.5. The Morgan fingerprint density at radius 1 is 0.931 bits per heavy atom. The molecule has 0 fully saturated rings.